The first kappa shape index (κ1) is 23.4. The molecule has 1 aliphatic carbocycles. The number of carboxylic acid groups (broad SMARTS) is 1. The minimum absolute atomic E-state index is 0.000412. The lowest BCUT2D eigenvalue weighted by Crippen LogP contribution is -2.26. The summed E-state index contributed by atoms with van der Waals surface area (Å²) in [5.41, 5.74) is 6.08. The SMILES string of the molecule is O=C(O)COc1cccc2c1CCC(Cn1cccc(C(c3ccccc3)c3ccccc3)c1=O)=C2. The van der Waals surface area contributed by atoms with E-state index in [1.165, 1.54) is 0 Å². The molecule has 0 unspecified atom stereocenters. The van der Waals surface area contributed by atoms with Crippen LogP contribution in [0.5, 0.6) is 5.75 Å². The van der Waals surface area contributed by atoms with Gasteiger partial charge in [0.05, 0.1) is 0 Å². The predicted octanol–water partition coefficient (Wildman–Crippen LogP) is 5.52. The first-order chi connectivity index (χ1) is 17.6. The number of aromatic nitrogens is 1. The Morgan fingerprint density at radius 2 is 1.56 bits per heavy atom. The number of pyridine rings is 1. The lowest BCUT2D eigenvalue weighted by molar-refractivity contribution is -0.139. The summed E-state index contributed by atoms with van der Waals surface area (Å²) in [5, 5.41) is 8.95. The van der Waals surface area contributed by atoms with E-state index in [0.717, 1.165) is 46.2 Å². The van der Waals surface area contributed by atoms with Gasteiger partial charge in [-0.05, 0) is 47.2 Å². The molecule has 5 nitrogen and oxygen atoms in total. The Labute approximate surface area is 209 Å². The van der Waals surface area contributed by atoms with Crippen LogP contribution in [0.15, 0.2) is 108 Å². The van der Waals surface area contributed by atoms with Crippen LogP contribution in [-0.2, 0) is 17.8 Å². The van der Waals surface area contributed by atoms with Crippen LogP contribution >= 0.6 is 0 Å². The van der Waals surface area contributed by atoms with Gasteiger partial charge in [0.1, 0.15) is 5.75 Å². The Kier molecular flexibility index (Phi) is 6.80. The molecule has 3 aromatic carbocycles. The van der Waals surface area contributed by atoms with Crippen molar-refractivity contribution in [2.45, 2.75) is 25.3 Å². The van der Waals surface area contributed by atoms with Crippen LogP contribution in [-0.4, -0.2) is 22.2 Å². The first-order valence-electron chi connectivity index (χ1n) is 12.1. The third kappa shape index (κ3) is 5.01. The van der Waals surface area contributed by atoms with Gasteiger partial charge in [0.15, 0.2) is 6.61 Å². The van der Waals surface area contributed by atoms with Crippen LogP contribution in [0.3, 0.4) is 0 Å². The molecule has 1 N–H and O–H groups in total. The maximum atomic E-state index is 13.7. The minimum atomic E-state index is -0.997. The van der Waals surface area contributed by atoms with E-state index in [0.29, 0.717) is 12.3 Å². The van der Waals surface area contributed by atoms with Crippen molar-refractivity contribution in [3.63, 3.8) is 0 Å². The second kappa shape index (κ2) is 10.5. The number of carbonyl (C=O) groups is 1. The second-order valence-corrected chi connectivity index (χ2v) is 8.96. The molecule has 1 aromatic heterocycles. The van der Waals surface area contributed by atoms with E-state index in [4.69, 9.17) is 9.84 Å². The molecule has 0 bridgehead atoms. The van der Waals surface area contributed by atoms with Crippen LogP contribution in [0, 0.1) is 0 Å². The van der Waals surface area contributed by atoms with E-state index in [1.54, 1.807) is 4.57 Å². The Morgan fingerprint density at radius 1 is 0.861 bits per heavy atom. The summed E-state index contributed by atoms with van der Waals surface area (Å²) in [5.74, 6) is -0.538. The first-order valence-corrected chi connectivity index (χ1v) is 12.1. The summed E-state index contributed by atoms with van der Waals surface area (Å²) in [7, 11) is 0. The van der Waals surface area contributed by atoms with Crippen molar-refractivity contribution in [1.82, 2.24) is 4.57 Å². The normalized spacial score (nSPS) is 12.6. The number of carboxylic acids is 1. The molecule has 1 heterocycles. The summed E-state index contributed by atoms with van der Waals surface area (Å²) < 4.78 is 7.27. The number of benzene rings is 3. The van der Waals surface area contributed by atoms with Crippen LogP contribution < -0.4 is 10.3 Å². The molecule has 0 saturated heterocycles. The number of nitrogens with zero attached hydrogens (tertiary/aromatic N) is 1. The zero-order valence-corrected chi connectivity index (χ0v) is 19.8. The van der Waals surface area contributed by atoms with Gasteiger partial charge < -0.3 is 14.4 Å². The second-order valence-electron chi connectivity index (χ2n) is 8.96. The zero-order chi connectivity index (χ0) is 24.9. The largest absolute Gasteiger partial charge is 0.482 e. The van der Waals surface area contributed by atoms with Crippen molar-refractivity contribution in [1.29, 1.82) is 0 Å². The van der Waals surface area contributed by atoms with E-state index in [-0.39, 0.29) is 18.1 Å². The number of ether oxygens (including phenoxy) is 1. The van der Waals surface area contributed by atoms with Gasteiger partial charge in [-0.1, -0.05) is 84.9 Å². The monoisotopic (exact) mass is 477 g/mol. The number of fused-ring (bicyclic) bond motifs is 1. The molecule has 5 heteroatoms. The van der Waals surface area contributed by atoms with E-state index < -0.39 is 5.97 Å². The maximum Gasteiger partial charge on any atom is 0.341 e. The number of aliphatic carboxylic acids is 1. The summed E-state index contributed by atoms with van der Waals surface area (Å²) in [6.45, 7) is 0.141. The molecule has 0 spiro atoms. The van der Waals surface area contributed by atoms with Crippen LogP contribution in [0.2, 0.25) is 0 Å². The molecule has 0 radical (unpaired) electrons. The Hall–Kier alpha value is -4.38. The summed E-state index contributed by atoms with van der Waals surface area (Å²) in [4.78, 5) is 24.7. The van der Waals surface area contributed by atoms with E-state index in [1.807, 2.05) is 72.9 Å². The lowest BCUT2D eigenvalue weighted by Gasteiger charge is -2.22. The van der Waals surface area contributed by atoms with Gasteiger partial charge in [-0.15, -0.1) is 0 Å². The van der Waals surface area contributed by atoms with Gasteiger partial charge in [0, 0.05) is 29.8 Å². The van der Waals surface area contributed by atoms with Crippen LogP contribution in [0.1, 0.15) is 40.2 Å². The number of hydrogen-bond acceptors (Lipinski definition) is 3. The highest BCUT2D eigenvalue weighted by Gasteiger charge is 2.21. The van der Waals surface area contributed by atoms with E-state index in [2.05, 4.69) is 30.3 Å². The van der Waals surface area contributed by atoms with Gasteiger partial charge in [-0.25, -0.2) is 4.79 Å². The Balaban J connectivity index is 1.47. The molecule has 4 aromatic rings. The third-order valence-electron chi connectivity index (χ3n) is 6.58. The van der Waals surface area contributed by atoms with Crippen molar-refractivity contribution in [2.75, 3.05) is 6.61 Å². The number of allylic oxidation sites excluding steroid dienone is 1. The van der Waals surface area contributed by atoms with Crippen molar-refractivity contribution in [3.8, 4) is 5.75 Å². The molecule has 1 aliphatic rings. The van der Waals surface area contributed by atoms with E-state index >= 15 is 0 Å². The van der Waals surface area contributed by atoms with Gasteiger partial charge in [0.25, 0.3) is 5.56 Å². The Bertz CT molecular complexity index is 1420. The minimum Gasteiger partial charge on any atom is -0.482 e. The molecule has 36 heavy (non-hydrogen) atoms. The van der Waals surface area contributed by atoms with Gasteiger partial charge in [-0.3, -0.25) is 4.79 Å². The highest BCUT2D eigenvalue weighted by Crippen LogP contribution is 2.32. The van der Waals surface area contributed by atoms with Crippen LogP contribution in [0.4, 0.5) is 0 Å². The zero-order valence-electron chi connectivity index (χ0n) is 19.8. The smallest absolute Gasteiger partial charge is 0.341 e. The molecule has 0 fully saturated rings. The van der Waals surface area contributed by atoms with Gasteiger partial charge >= 0.3 is 5.97 Å². The molecule has 0 aliphatic heterocycles. The van der Waals surface area contributed by atoms with Crippen LogP contribution in [0.25, 0.3) is 6.08 Å². The Morgan fingerprint density at radius 3 is 2.22 bits per heavy atom. The summed E-state index contributed by atoms with van der Waals surface area (Å²) in [6, 6.07) is 29.8. The molecule has 0 amide bonds. The quantitative estimate of drug-likeness (QED) is 0.363. The number of hydrogen-bond donors (Lipinski definition) is 1. The fraction of sp³-hybridized carbons (Fsp3) is 0.161. The molecular weight excluding hydrogens is 450 g/mol. The molecule has 180 valence electrons. The fourth-order valence-electron chi connectivity index (χ4n) is 4.92. The van der Waals surface area contributed by atoms with Crippen molar-refractivity contribution < 1.29 is 14.6 Å². The van der Waals surface area contributed by atoms with Gasteiger partial charge in [-0.2, -0.15) is 0 Å². The maximum absolute atomic E-state index is 13.7. The molecular formula is C31H27NO4. The highest BCUT2D eigenvalue weighted by atomic mass is 16.5. The van der Waals surface area contributed by atoms with Crippen molar-refractivity contribution >= 4 is 12.0 Å². The highest BCUT2D eigenvalue weighted by molar-refractivity contribution is 5.69. The van der Waals surface area contributed by atoms with Crippen molar-refractivity contribution in [3.05, 3.63) is 141 Å². The number of rotatable bonds is 8. The molecule has 0 saturated carbocycles. The topological polar surface area (TPSA) is 68.5 Å². The third-order valence-corrected chi connectivity index (χ3v) is 6.58. The van der Waals surface area contributed by atoms with Crippen molar-refractivity contribution in [2.24, 2.45) is 0 Å². The van der Waals surface area contributed by atoms with Gasteiger partial charge in [0.2, 0.25) is 0 Å². The lowest BCUT2D eigenvalue weighted by atomic mass is 9.86. The summed E-state index contributed by atoms with van der Waals surface area (Å²) >= 11 is 0. The van der Waals surface area contributed by atoms with E-state index in [9.17, 15) is 9.59 Å². The fourth-order valence-corrected chi connectivity index (χ4v) is 4.92. The average Bonchev–Trinajstić information content (AvgIpc) is 2.91. The predicted molar refractivity (Wildman–Crippen MR) is 140 cm³/mol. The summed E-state index contributed by atoms with van der Waals surface area (Å²) in [6.07, 6.45) is 5.46. The molecule has 5 rings (SSSR count). The average molecular weight is 478 g/mol. The molecule has 0 atom stereocenters. The standard InChI is InChI=1S/C31H27NO4/c33-29(34)21-36-28-15-7-13-25-19-22(16-17-26(25)28)20-32-18-8-14-27(31(32)35)30(23-9-3-1-4-10-23)24-11-5-2-6-12-24/h1-15,18-19,30H,16-17,20-21H2,(H,33,34).